The fraction of sp³-hybridized carbons (Fsp3) is 0.308. The van der Waals surface area contributed by atoms with Crippen molar-refractivity contribution in [1.82, 2.24) is 0 Å². The van der Waals surface area contributed by atoms with Crippen LogP contribution >= 0.6 is 11.6 Å². The third-order valence-corrected chi connectivity index (χ3v) is 3.53. The molecule has 0 N–H and O–H groups in total. The van der Waals surface area contributed by atoms with Crippen molar-refractivity contribution in [3.05, 3.63) is 48.0 Å². The first kappa shape index (κ1) is 15.0. The van der Waals surface area contributed by atoms with Gasteiger partial charge in [-0.25, -0.2) is 13.2 Å². The smallest absolute Gasteiger partial charge is 0.277 e. The first-order chi connectivity index (χ1) is 9.18. The van der Waals surface area contributed by atoms with Gasteiger partial charge in [-0.3, -0.25) is 4.79 Å². The van der Waals surface area contributed by atoms with Gasteiger partial charge in [0, 0.05) is 0 Å². The number of carbonyl (C=O) groups excluding carboxylic acids is 1. The zero-order valence-corrected chi connectivity index (χ0v) is 10.6. The van der Waals surface area contributed by atoms with E-state index in [1.165, 1.54) is 6.07 Å². The molecule has 3 unspecified atom stereocenters. The Morgan fingerprint density at radius 2 is 1.65 bits per heavy atom. The van der Waals surface area contributed by atoms with E-state index in [2.05, 4.69) is 0 Å². The Bertz CT molecular complexity index is 561. The van der Waals surface area contributed by atoms with Gasteiger partial charge in [-0.2, -0.15) is 8.78 Å². The van der Waals surface area contributed by atoms with Crippen molar-refractivity contribution in [1.29, 1.82) is 0 Å². The van der Waals surface area contributed by atoms with Crippen LogP contribution in [0.4, 0.5) is 22.0 Å². The van der Waals surface area contributed by atoms with Crippen LogP contribution in [0.5, 0.6) is 0 Å². The number of rotatable bonds is 2. The van der Waals surface area contributed by atoms with Gasteiger partial charge in [-0.15, -0.1) is 0 Å². The Balaban J connectivity index is 2.78. The predicted octanol–water partition coefficient (Wildman–Crippen LogP) is 3.87. The van der Waals surface area contributed by atoms with E-state index < -0.39 is 34.2 Å². The molecule has 1 nitrogen and oxygen atoms in total. The maximum absolute atomic E-state index is 14.9. The highest BCUT2D eigenvalue weighted by atomic mass is 35.5. The molecule has 1 aromatic carbocycles. The highest BCUT2D eigenvalue weighted by Crippen LogP contribution is 2.56. The third kappa shape index (κ3) is 1.70. The summed E-state index contributed by atoms with van der Waals surface area (Å²) in [6, 6.07) is 5.38. The summed E-state index contributed by atoms with van der Waals surface area (Å²) in [5, 5.41) is -1.98. The SMILES string of the molecule is O=C(Cl)C1(F)C=CC(F)C(F)(F)C1(F)c1ccccc1. The summed E-state index contributed by atoms with van der Waals surface area (Å²) in [7, 11) is 0. The molecule has 0 aliphatic heterocycles. The van der Waals surface area contributed by atoms with Gasteiger partial charge in [0.25, 0.3) is 5.24 Å². The minimum Gasteiger partial charge on any atom is -0.277 e. The van der Waals surface area contributed by atoms with Crippen LogP contribution in [0.2, 0.25) is 0 Å². The van der Waals surface area contributed by atoms with Gasteiger partial charge in [0.05, 0.1) is 0 Å². The summed E-state index contributed by atoms with van der Waals surface area (Å²) in [4.78, 5) is 11.1. The van der Waals surface area contributed by atoms with E-state index >= 15 is 0 Å². The van der Waals surface area contributed by atoms with E-state index in [1.807, 2.05) is 0 Å². The number of hydrogen-bond acceptors (Lipinski definition) is 1. The second-order valence-corrected chi connectivity index (χ2v) is 4.74. The summed E-state index contributed by atoms with van der Waals surface area (Å²) >= 11 is 4.95. The number of alkyl halides is 5. The fourth-order valence-electron chi connectivity index (χ4n) is 2.16. The molecule has 0 amide bonds. The largest absolute Gasteiger partial charge is 0.323 e. The quantitative estimate of drug-likeness (QED) is 0.460. The lowest BCUT2D eigenvalue weighted by atomic mass is 9.71. The lowest BCUT2D eigenvalue weighted by molar-refractivity contribution is -0.222. The first-order valence-corrected chi connectivity index (χ1v) is 5.90. The van der Waals surface area contributed by atoms with Crippen LogP contribution in [0, 0.1) is 0 Å². The average Bonchev–Trinajstić information content (AvgIpc) is 2.42. The van der Waals surface area contributed by atoms with Crippen LogP contribution in [0.1, 0.15) is 5.56 Å². The van der Waals surface area contributed by atoms with Crippen LogP contribution < -0.4 is 0 Å². The molecule has 0 saturated heterocycles. The Kier molecular flexibility index (Phi) is 3.40. The van der Waals surface area contributed by atoms with E-state index in [1.54, 1.807) is 0 Å². The molecule has 3 atom stereocenters. The van der Waals surface area contributed by atoms with Crippen molar-refractivity contribution >= 4 is 16.8 Å². The fourth-order valence-corrected chi connectivity index (χ4v) is 2.35. The molecular weight excluding hydrogens is 303 g/mol. The molecule has 0 saturated carbocycles. The molecule has 0 radical (unpaired) electrons. The molecule has 0 bridgehead atoms. The van der Waals surface area contributed by atoms with Crippen molar-refractivity contribution < 1.29 is 26.7 Å². The van der Waals surface area contributed by atoms with Crippen LogP contribution in [-0.2, 0) is 10.5 Å². The Morgan fingerprint density at radius 3 is 2.15 bits per heavy atom. The molecule has 7 heteroatoms. The molecule has 0 heterocycles. The highest BCUT2D eigenvalue weighted by molar-refractivity contribution is 6.66. The average molecular weight is 311 g/mol. The number of allylic oxidation sites excluding steroid dienone is 2. The number of hydrogen-bond donors (Lipinski definition) is 0. The van der Waals surface area contributed by atoms with Crippen molar-refractivity contribution in [2.24, 2.45) is 0 Å². The molecule has 1 aliphatic rings. The van der Waals surface area contributed by atoms with Crippen LogP contribution in [0.25, 0.3) is 0 Å². The van der Waals surface area contributed by atoms with E-state index in [0.29, 0.717) is 0 Å². The lowest BCUT2D eigenvalue weighted by Gasteiger charge is -2.43. The summed E-state index contributed by atoms with van der Waals surface area (Å²) in [6.45, 7) is 0. The second-order valence-electron chi connectivity index (χ2n) is 4.39. The van der Waals surface area contributed by atoms with Crippen LogP contribution in [-0.4, -0.2) is 23.0 Å². The van der Waals surface area contributed by atoms with Crippen molar-refractivity contribution in [3.63, 3.8) is 0 Å². The van der Waals surface area contributed by atoms with E-state index in [9.17, 15) is 26.7 Å². The van der Waals surface area contributed by atoms with E-state index in [4.69, 9.17) is 11.6 Å². The van der Waals surface area contributed by atoms with Crippen LogP contribution in [0.3, 0.4) is 0 Å². The molecule has 20 heavy (non-hydrogen) atoms. The van der Waals surface area contributed by atoms with Gasteiger partial charge >= 0.3 is 5.92 Å². The number of halogens is 6. The molecule has 0 spiro atoms. The van der Waals surface area contributed by atoms with Crippen LogP contribution in [0.15, 0.2) is 42.5 Å². The third-order valence-electron chi connectivity index (χ3n) is 3.26. The molecule has 0 aromatic heterocycles. The minimum atomic E-state index is -4.79. The predicted molar refractivity (Wildman–Crippen MR) is 62.9 cm³/mol. The zero-order chi connectivity index (χ0) is 15.2. The molecule has 1 aliphatic carbocycles. The minimum absolute atomic E-state index is 0.0983. The molecule has 1 aromatic rings. The summed E-state index contributed by atoms with van der Waals surface area (Å²) in [6.07, 6.45) is -2.87. The van der Waals surface area contributed by atoms with Gasteiger partial charge in [0.15, 0.2) is 6.17 Å². The first-order valence-electron chi connectivity index (χ1n) is 5.52. The van der Waals surface area contributed by atoms with Gasteiger partial charge in [0.2, 0.25) is 11.3 Å². The van der Waals surface area contributed by atoms with Gasteiger partial charge in [-0.1, -0.05) is 30.3 Å². The van der Waals surface area contributed by atoms with Gasteiger partial charge in [0.1, 0.15) is 0 Å². The maximum Gasteiger partial charge on any atom is 0.323 e. The normalized spacial score (nSPS) is 35.8. The van der Waals surface area contributed by atoms with E-state index in [-0.39, 0.29) is 12.2 Å². The molecule has 0 fully saturated rings. The van der Waals surface area contributed by atoms with Gasteiger partial charge in [-0.05, 0) is 29.3 Å². The molecular formula is C13H8ClF5O. The highest BCUT2D eigenvalue weighted by Gasteiger charge is 2.75. The van der Waals surface area contributed by atoms with Gasteiger partial charge < -0.3 is 0 Å². The standard InChI is InChI=1S/C13H8ClF5O/c14-10(20)11(16)7-6-9(15)13(18,19)12(11,17)8-4-2-1-3-5-8/h1-7,9H. The zero-order valence-electron chi connectivity index (χ0n) is 9.79. The summed E-state index contributed by atoms with van der Waals surface area (Å²) in [5.74, 6) is -4.79. The van der Waals surface area contributed by atoms with Crippen molar-refractivity contribution in [3.8, 4) is 0 Å². The summed E-state index contributed by atoms with van der Waals surface area (Å²) in [5.41, 5.74) is -8.95. The summed E-state index contributed by atoms with van der Waals surface area (Å²) < 4.78 is 70.6. The second kappa shape index (κ2) is 4.55. The Hall–Kier alpha value is -1.43. The number of benzene rings is 1. The maximum atomic E-state index is 14.9. The Morgan fingerprint density at radius 1 is 1.10 bits per heavy atom. The Labute approximate surface area is 116 Å². The van der Waals surface area contributed by atoms with Crippen molar-refractivity contribution in [2.45, 2.75) is 23.4 Å². The monoisotopic (exact) mass is 310 g/mol. The molecule has 108 valence electrons. The van der Waals surface area contributed by atoms with Crippen molar-refractivity contribution in [2.75, 3.05) is 0 Å². The lowest BCUT2D eigenvalue weighted by Crippen LogP contribution is -2.64. The number of carbonyl (C=O) groups is 1. The van der Waals surface area contributed by atoms with E-state index in [0.717, 1.165) is 24.3 Å². The topological polar surface area (TPSA) is 17.1 Å². The molecule has 2 rings (SSSR count).